The second-order valence-corrected chi connectivity index (χ2v) is 6.29. The van der Waals surface area contributed by atoms with Crippen molar-refractivity contribution in [2.24, 2.45) is 0 Å². The van der Waals surface area contributed by atoms with E-state index < -0.39 is 5.97 Å². The Labute approximate surface area is 166 Å². The Bertz CT molecular complexity index is 1020. The molecule has 0 spiro atoms. The van der Waals surface area contributed by atoms with E-state index in [4.69, 9.17) is 16.3 Å². The number of methoxy groups -OCH3 is 1. The summed E-state index contributed by atoms with van der Waals surface area (Å²) in [4.78, 5) is 24.0. The molecule has 0 aliphatic heterocycles. The summed E-state index contributed by atoms with van der Waals surface area (Å²) in [7, 11) is 1.30. The summed E-state index contributed by atoms with van der Waals surface area (Å²) >= 11 is 6.15. The number of aryl methyl sites for hydroxylation is 1. The molecule has 0 saturated carbocycles. The predicted molar refractivity (Wildman–Crippen MR) is 107 cm³/mol. The van der Waals surface area contributed by atoms with Crippen LogP contribution in [0.5, 0.6) is 0 Å². The predicted octanol–water partition coefficient (Wildman–Crippen LogP) is 4.22. The Morgan fingerprint density at radius 1 is 1.00 bits per heavy atom. The van der Waals surface area contributed by atoms with Crippen LogP contribution < -0.4 is 10.6 Å². The van der Waals surface area contributed by atoms with Gasteiger partial charge < -0.3 is 15.4 Å². The summed E-state index contributed by atoms with van der Waals surface area (Å²) in [6.07, 6.45) is 0. The minimum absolute atomic E-state index is 0.170. The monoisotopic (exact) mass is 396 g/mol. The number of aromatic nitrogens is 2. The molecule has 0 radical (unpaired) electrons. The van der Waals surface area contributed by atoms with Crippen molar-refractivity contribution in [1.29, 1.82) is 0 Å². The Hall–Kier alpha value is -3.45. The molecule has 0 aliphatic carbocycles. The van der Waals surface area contributed by atoms with E-state index in [2.05, 4.69) is 20.8 Å². The van der Waals surface area contributed by atoms with Gasteiger partial charge in [0.15, 0.2) is 11.5 Å². The largest absolute Gasteiger partial charge is 0.465 e. The average molecular weight is 397 g/mol. The highest BCUT2D eigenvalue weighted by molar-refractivity contribution is 6.33. The highest BCUT2D eigenvalue weighted by atomic mass is 35.5. The summed E-state index contributed by atoms with van der Waals surface area (Å²) < 4.78 is 4.70. The molecule has 7 nitrogen and oxygen atoms in total. The minimum Gasteiger partial charge on any atom is -0.465 e. The number of anilines is 3. The van der Waals surface area contributed by atoms with E-state index in [0.29, 0.717) is 27.8 Å². The van der Waals surface area contributed by atoms with E-state index in [0.717, 1.165) is 5.56 Å². The van der Waals surface area contributed by atoms with Gasteiger partial charge in [-0.3, -0.25) is 4.79 Å². The first kappa shape index (κ1) is 19.3. The maximum absolute atomic E-state index is 12.3. The number of esters is 1. The number of hydrogen-bond acceptors (Lipinski definition) is 6. The molecule has 0 saturated heterocycles. The summed E-state index contributed by atoms with van der Waals surface area (Å²) in [6, 6.07) is 15.3. The molecule has 0 atom stereocenters. The molecule has 28 heavy (non-hydrogen) atoms. The number of halogens is 1. The fourth-order valence-corrected chi connectivity index (χ4v) is 2.59. The third-order valence-electron chi connectivity index (χ3n) is 3.94. The molecule has 0 fully saturated rings. The van der Waals surface area contributed by atoms with Gasteiger partial charge >= 0.3 is 5.97 Å². The van der Waals surface area contributed by atoms with E-state index in [1.807, 2.05) is 31.2 Å². The third-order valence-corrected chi connectivity index (χ3v) is 4.27. The normalized spacial score (nSPS) is 10.2. The van der Waals surface area contributed by atoms with Gasteiger partial charge in [0.05, 0.1) is 23.4 Å². The average Bonchev–Trinajstić information content (AvgIpc) is 2.71. The Balaban J connectivity index is 1.74. The van der Waals surface area contributed by atoms with Crippen molar-refractivity contribution in [3.8, 4) is 0 Å². The van der Waals surface area contributed by atoms with Crippen LogP contribution in [0, 0.1) is 6.92 Å². The molecule has 3 rings (SSSR count). The number of carbonyl (C=O) groups excluding carboxylic acids is 2. The van der Waals surface area contributed by atoms with Crippen molar-refractivity contribution in [2.75, 3.05) is 17.7 Å². The van der Waals surface area contributed by atoms with Crippen molar-refractivity contribution in [3.05, 3.63) is 76.4 Å². The van der Waals surface area contributed by atoms with Crippen molar-refractivity contribution in [2.45, 2.75) is 6.92 Å². The lowest BCUT2D eigenvalue weighted by molar-refractivity contribution is 0.0600. The van der Waals surface area contributed by atoms with Crippen molar-refractivity contribution >= 4 is 40.7 Å². The maximum atomic E-state index is 12.3. The highest BCUT2D eigenvalue weighted by Gasteiger charge is 2.12. The zero-order valence-electron chi connectivity index (χ0n) is 15.2. The summed E-state index contributed by atoms with van der Waals surface area (Å²) in [5.41, 5.74) is 2.64. The molecule has 8 heteroatoms. The van der Waals surface area contributed by atoms with Gasteiger partial charge in [-0.05, 0) is 48.9 Å². The van der Waals surface area contributed by atoms with Gasteiger partial charge in [0.25, 0.3) is 5.91 Å². The second-order valence-electron chi connectivity index (χ2n) is 5.88. The van der Waals surface area contributed by atoms with Crippen LogP contribution in [-0.4, -0.2) is 29.2 Å². The molecule has 142 valence electrons. The van der Waals surface area contributed by atoms with Crippen LogP contribution in [0.25, 0.3) is 0 Å². The summed E-state index contributed by atoms with van der Waals surface area (Å²) in [5.74, 6) is -0.468. The topological polar surface area (TPSA) is 93.2 Å². The molecule has 1 aromatic heterocycles. The van der Waals surface area contributed by atoms with Crippen LogP contribution in [0.15, 0.2) is 54.6 Å². The lowest BCUT2D eigenvalue weighted by atomic mass is 10.2. The quantitative estimate of drug-likeness (QED) is 0.627. The molecule has 0 bridgehead atoms. The molecule has 0 unspecified atom stereocenters. The van der Waals surface area contributed by atoms with Gasteiger partial charge in [0.1, 0.15) is 0 Å². The van der Waals surface area contributed by atoms with E-state index in [9.17, 15) is 9.59 Å². The van der Waals surface area contributed by atoms with E-state index in [1.165, 1.54) is 7.11 Å². The highest BCUT2D eigenvalue weighted by Crippen LogP contribution is 2.26. The number of para-hydroxylation sites is 1. The Morgan fingerprint density at radius 2 is 1.79 bits per heavy atom. The lowest BCUT2D eigenvalue weighted by Gasteiger charge is -2.10. The second kappa shape index (κ2) is 8.49. The van der Waals surface area contributed by atoms with Crippen molar-refractivity contribution < 1.29 is 14.3 Å². The fraction of sp³-hybridized carbons (Fsp3) is 0.100. The van der Waals surface area contributed by atoms with Gasteiger partial charge in [-0.15, -0.1) is 10.2 Å². The Morgan fingerprint density at radius 3 is 2.46 bits per heavy atom. The third kappa shape index (κ3) is 4.44. The maximum Gasteiger partial charge on any atom is 0.337 e. The van der Waals surface area contributed by atoms with Crippen LogP contribution >= 0.6 is 11.6 Å². The number of nitrogens with zero attached hydrogens (tertiary/aromatic N) is 2. The minimum atomic E-state index is -0.478. The molecule has 1 heterocycles. The molecular weight excluding hydrogens is 380 g/mol. The zero-order valence-corrected chi connectivity index (χ0v) is 15.9. The van der Waals surface area contributed by atoms with Crippen LogP contribution in [0.4, 0.5) is 17.2 Å². The lowest BCUT2D eigenvalue weighted by Crippen LogP contribution is -2.15. The van der Waals surface area contributed by atoms with Crippen molar-refractivity contribution in [3.63, 3.8) is 0 Å². The summed E-state index contributed by atoms with van der Waals surface area (Å²) in [5, 5.41) is 14.1. The van der Waals surface area contributed by atoms with Gasteiger partial charge in [-0.2, -0.15) is 0 Å². The molecule has 2 N–H and O–H groups in total. The van der Waals surface area contributed by atoms with E-state index in [-0.39, 0.29) is 11.6 Å². The van der Waals surface area contributed by atoms with Gasteiger partial charge in [0.2, 0.25) is 0 Å². The molecule has 3 aromatic rings. The first-order chi connectivity index (χ1) is 13.5. The van der Waals surface area contributed by atoms with Crippen LogP contribution in [0.1, 0.15) is 26.4 Å². The number of benzene rings is 2. The number of amides is 1. The van der Waals surface area contributed by atoms with E-state index in [1.54, 1.807) is 30.3 Å². The number of hydrogen-bond donors (Lipinski definition) is 2. The molecule has 0 aliphatic rings. The smallest absolute Gasteiger partial charge is 0.337 e. The standard InChI is InChI=1S/C20H17ClN4O3/c1-12-5-3-4-6-15(12)23-19(26)16-9-10-18(25-24-16)22-17-11-13(20(27)28-2)7-8-14(17)21/h3-11H,1-2H3,(H,22,25)(H,23,26). The van der Waals surface area contributed by atoms with Crippen LogP contribution in [0.3, 0.4) is 0 Å². The van der Waals surface area contributed by atoms with Gasteiger partial charge in [0, 0.05) is 5.69 Å². The molecule has 2 aromatic carbocycles. The number of rotatable bonds is 5. The first-order valence-corrected chi connectivity index (χ1v) is 8.71. The number of nitrogens with one attached hydrogen (secondary N) is 2. The fourth-order valence-electron chi connectivity index (χ4n) is 2.42. The van der Waals surface area contributed by atoms with Gasteiger partial charge in [-0.1, -0.05) is 29.8 Å². The summed E-state index contributed by atoms with van der Waals surface area (Å²) in [6.45, 7) is 1.90. The van der Waals surface area contributed by atoms with Crippen LogP contribution in [-0.2, 0) is 4.74 Å². The first-order valence-electron chi connectivity index (χ1n) is 8.33. The van der Waals surface area contributed by atoms with Gasteiger partial charge in [-0.25, -0.2) is 4.79 Å². The SMILES string of the molecule is COC(=O)c1ccc(Cl)c(Nc2ccc(C(=O)Nc3ccccc3C)nn2)c1. The molecule has 1 amide bonds. The Kier molecular flexibility index (Phi) is 5.86. The molecular formula is C20H17ClN4O3. The van der Waals surface area contributed by atoms with Crippen molar-refractivity contribution in [1.82, 2.24) is 10.2 Å². The zero-order chi connectivity index (χ0) is 20.1. The number of carbonyl (C=O) groups is 2. The number of ether oxygens (including phenoxy) is 1. The van der Waals surface area contributed by atoms with Crippen LogP contribution in [0.2, 0.25) is 5.02 Å². The van der Waals surface area contributed by atoms with E-state index >= 15 is 0 Å².